The lowest BCUT2D eigenvalue weighted by atomic mass is 10.0. The van der Waals surface area contributed by atoms with Crippen LogP contribution < -0.4 is 20.1 Å². The van der Waals surface area contributed by atoms with E-state index in [9.17, 15) is 4.79 Å². The first-order valence-corrected chi connectivity index (χ1v) is 8.61. The van der Waals surface area contributed by atoms with Crippen LogP contribution in [0.15, 0.2) is 48.5 Å². The number of amides is 2. The van der Waals surface area contributed by atoms with Gasteiger partial charge < -0.3 is 20.1 Å². The standard InChI is InChI=1S/C20H24N2O3/c1-4-8-16(14-9-6-5-7-10-14)22-19(23)21-15-11-12-17-18(13-15)25-20(2,3)24-17/h5-7,9-13,16H,4,8H2,1-3H3,(H2,21,22,23). The van der Waals surface area contributed by atoms with Crippen LogP contribution in [0.3, 0.4) is 0 Å². The van der Waals surface area contributed by atoms with Crippen LogP contribution >= 0.6 is 0 Å². The van der Waals surface area contributed by atoms with Crippen molar-refractivity contribution >= 4 is 11.7 Å². The second-order valence-electron chi connectivity index (χ2n) is 6.62. The predicted octanol–water partition coefficient (Wildman–Crippen LogP) is 4.86. The molecule has 2 aromatic rings. The van der Waals surface area contributed by atoms with Crippen LogP contribution in [0.4, 0.5) is 10.5 Å². The van der Waals surface area contributed by atoms with Gasteiger partial charge in [0.1, 0.15) is 0 Å². The minimum absolute atomic E-state index is 0.0147. The summed E-state index contributed by atoms with van der Waals surface area (Å²) in [6.45, 7) is 5.80. The molecule has 2 N–H and O–H groups in total. The number of fused-ring (bicyclic) bond motifs is 1. The number of urea groups is 1. The molecule has 0 aromatic heterocycles. The Labute approximate surface area is 148 Å². The Hall–Kier alpha value is -2.69. The van der Waals surface area contributed by atoms with Crippen LogP contribution in [0.25, 0.3) is 0 Å². The Balaban J connectivity index is 1.66. The SMILES string of the molecule is CCCC(NC(=O)Nc1ccc2c(c1)OC(C)(C)O2)c1ccccc1. The molecule has 0 radical (unpaired) electrons. The van der Waals surface area contributed by atoms with Crippen LogP contribution in [0.2, 0.25) is 0 Å². The summed E-state index contributed by atoms with van der Waals surface area (Å²) in [6, 6.07) is 15.1. The molecule has 0 saturated carbocycles. The molecule has 0 bridgehead atoms. The van der Waals surface area contributed by atoms with Crippen LogP contribution in [-0.2, 0) is 0 Å². The fraction of sp³-hybridized carbons (Fsp3) is 0.350. The van der Waals surface area contributed by atoms with Gasteiger partial charge in [0.2, 0.25) is 5.79 Å². The number of anilines is 1. The first kappa shape index (κ1) is 17.1. The second-order valence-corrected chi connectivity index (χ2v) is 6.62. The summed E-state index contributed by atoms with van der Waals surface area (Å²) in [6.07, 6.45) is 1.87. The van der Waals surface area contributed by atoms with E-state index in [0.29, 0.717) is 17.2 Å². The van der Waals surface area contributed by atoms with Crippen molar-refractivity contribution < 1.29 is 14.3 Å². The van der Waals surface area contributed by atoms with Gasteiger partial charge in [-0.05, 0) is 24.1 Å². The highest BCUT2D eigenvalue weighted by Gasteiger charge is 2.31. The highest BCUT2D eigenvalue weighted by molar-refractivity contribution is 5.90. The molecule has 25 heavy (non-hydrogen) atoms. The molecule has 0 fully saturated rings. The summed E-state index contributed by atoms with van der Waals surface area (Å²) < 4.78 is 11.4. The van der Waals surface area contributed by atoms with Crippen molar-refractivity contribution in [3.63, 3.8) is 0 Å². The highest BCUT2D eigenvalue weighted by Crippen LogP contribution is 2.40. The lowest BCUT2D eigenvalue weighted by molar-refractivity contribution is -0.0431. The van der Waals surface area contributed by atoms with Gasteiger partial charge in [-0.1, -0.05) is 43.7 Å². The molecule has 132 valence electrons. The van der Waals surface area contributed by atoms with E-state index in [1.807, 2.05) is 44.2 Å². The van der Waals surface area contributed by atoms with Gasteiger partial charge in [-0.2, -0.15) is 0 Å². The number of carbonyl (C=O) groups is 1. The van der Waals surface area contributed by atoms with E-state index in [1.54, 1.807) is 18.2 Å². The number of benzene rings is 2. The Morgan fingerprint density at radius 1 is 1.08 bits per heavy atom. The van der Waals surface area contributed by atoms with E-state index >= 15 is 0 Å². The molecule has 1 heterocycles. The molecule has 0 aliphatic carbocycles. The number of hydrogen-bond acceptors (Lipinski definition) is 3. The van der Waals surface area contributed by atoms with Crippen molar-refractivity contribution in [2.24, 2.45) is 0 Å². The smallest absolute Gasteiger partial charge is 0.319 e. The van der Waals surface area contributed by atoms with E-state index in [-0.39, 0.29) is 12.1 Å². The summed E-state index contributed by atoms with van der Waals surface area (Å²) in [5, 5.41) is 5.92. The zero-order valence-electron chi connectivity index (χ0n) is 14.8. The topological polar surface area (TPSA) is 59.6 Å². The number of nitrogens with one attached hydrogen (secondary N) is 2. The summed E-state index contributed by atoms with van der Waals surface area (Å²) >= 11 is 0. The van der Waals surface area contributed by atoms with Crippen LogP contribution in [0.1, 0.15) is 45.2 Å². The zero-order chi connectivity index (χ0) is 17.9. The number of hydrogen-bond donors (Lipinski definition) is 2. The van der Waals surface area contributed by atoms with Crippen LogP contribution in [0.5, 0.6) is 11.5 Å². The fourth-order valence-electron chi connectivity index (χ4n) is 2.92. The quantitative estimate of drug-likeness (QED) is 0.817. The Morgan fingerprint density at radius 2 is 1.80 bits per heavy atom. The maximum atomic E-state index is 12.4. The van der Waals surface area contributed by atoms with Gasteiger partial charge in [0, 0.05) is 25.6 Å². The Morgan fingerprint density at radius 3 is 2.52 bits per heavy atom. The van der Waals surface area contributed by atoms with Gasteiger partial charge in [0.15, 0.2) is 11.5 Å². The van der Waals surface area contributed by atoms with Gasteiger partial charge in [0.05, 0.1) is 6.04 Å². The van der Waals surface area contributed by atoms with E-state index in [2.05, 4.69) is 17.6 Å². The molecule has 1 unspecified atom stereocenters. The molecule has 1 aliphatic heterocycles. The van der Waals surface area contributed by atoms with Crippen molar-refractivity contribution in [3.05, 3.63) is 54.1 Å². The van der Waals surface area contributed by atoms with Crippen molar-refractivity contribution in [1.82, 2.24) is 5.32 Å². The van der Waals surface area contributed by atoms with E-state index in [4.69, 9.17) is 9.47 Å². The van der Waals surface area contributed by atoms with Gasteiger partial charge in [-0.3, -0.25) is 0 Å². The van der Waals surface area contributed by atoms with Gasteiger partial charge in [0.25, 0.3) is 0 Å². The van der Waals surface area contributed by atoms with Crippen molar-refractivity contribution in [2.75, 3.05) is 5.32 Å². The normalized spacial score (nSPS) is 15.5. The molecule has 0 saturated heterocycles. The average Bonchev–Trinajstić information content (AvgIpc) is 2.88. The van der Waals surface area contributed by atoms with E-state index < -0.39 is 5.79 Å². The summed E-state index contributed by atoms with van der Waals surface area (Å²) in [4.78, 5) is 12.4. The molecule has 5 heteroatoms. The molecular formula is C20H24N2O3. The molecule has 2 aromatic carbocycles. The number of carbonyl (C=O) groups excluding carboxylic acids is 1. The minimum Gasteiger partial charge on any atom is -0.449 e. The largest absolute Gasteiger partial charge is 0.449 e. The molecule has 0 spiro atoms. The highest BCUT2D eigenvalue weighted by atomic mass is 16.7. The molecule has 2 amide bonds. The Kier molecular flexibility index (Phi) is 4.83. The van der Waals surface area contributed by atoms with Gasteiger partial charge >= 0.3 is 6.03 Å². The van der Waals surface area contributed by atoms with Gasteiger partial charge in [-0.25, -0.2) is 4.79 Å². The minimum atomic E-state index is -0.678. The fourth-order valence-corrected chi connectivity index (χ4v) is 2.92. The lowest BCUT2D eigenvalue weighted by Gasteiger charge is -2.19. The monoisotopic (exact) mass is 340 g/mol. The molecule has 1 atom stereocenters. The Bertz CT molecular complexity index is 744. The predicted molar refractivity (Wildman–Crippen MR) is 98.0 cm³/mol. The van der Waals surface area contributed by atoms with Crippen molar-refractivity contribution in [1.29, 1.82) is 0 Å². The maximum Gasteiger partial charge on any atom is 0.319 e. The third kappa shape index (κ3) is 4.24. The summed E-state index contributed by atoms with van der Waals surface area (Å²) in [7, 11) is 0. The summed E-state index contributed by atoms with van der Waals surface area (Å²) in [5.41, 5.74) is 1.77. The maximum absolute atomic E-state index is 12.4. The second kappa shape index (κ2) is 7.05. The number of rotatable bonds is 5. The van der Waals surface area contributed by atoms with Crippen molar-refractivity contribution in [2.45, 2.75) is 45.4 Å². The van der Waals surface area contributed by atoms with E-state index in [0.717, 1.165) is 18.4 Å². The van der Waals surface area contributed by atoms with Crippen LogP contribution in [0, 0.1) is 0 Å². The third-order valence-electron chi connectivity index (χ3n) is 4.00. The van der Waals surface area contributed by atoms with Gasteiger partial charge in [-0.15, -0.1) is 0 Å². The lowest BCUT2D eigenvalue weighted by Crippen LogP contribution is -2.32. The third-order valence-corrected chi connectivity index (χ3v) is 4.00. The molecule has 1 aliphatic rings. The van der Waals surface area contributed by atoms with Crippen molar-refractivity contribution in [3.8, 4) is 11.5 Å². The zero-order valence-corrected chi connectivity index (χ0v) is 14.8. The van der Waals surface area contributed by atoms with Crippen LogP contribution in [-0.4, -0.2) is 11.8 Å². The number of ether oxygens (including phenoxy) is 2. The first-order valence-electron chi connectivity index (χ1n) is 8.61. The molecular weight excluding hydrogens is 316 g/mol. The summed E-state index contributed by atoms with van der Waals surface area (Å²) in [5.74, 6) is 0.642. The molecule has 5 nitrogen and oxygen atoms in total. The molecule has 3 rings (SSSR count). The van der Waals surface area contributed by atoms with E-state index in [1.165, 1.54) is 0 Å². The first-order chi connectivity index (χ1) is 12.0. The average molecular weight is 340 g/mol.